The Balaban J connectivity index is 1.42. The fourth-order valence-corrected chi connectivity index (χ4v) is 3.81. The topological polar surface area (TPSA) is 0 Å². The standard InChI is InChI=1S/C34H22/c1-3-11-28(12-4-1)31-23-20-27(21-24-31)19-22-29-13-7-8-14-30(29)25-26-33-17-9-10-18-34(33)32-15-5-2-6-16-32/h1-18,20-21,23-24H. The number of benzene rings is 5. The van der Waals surface area contributed by atoms with E-state index in [4.69, 9.17) is 0 Å². The van der Waals surface area contributed by atoms with Gasteiger partial charge < -0.3 is 0 Å². The Morgan fingerprint density at radius 2 is 0.735 bits per heavy atom. The zero-order valence-electron chi connectivity index (χ0n) is 18.7. The highest BCUT2D eigenvalue weighted by Gasteiger charge is 2.02. The molecular weight excluding hydrogens is 408 g/mol. The highest BCUT2D eigenvalue weighted by molar-refractivity contribution is 5.71. The number of hydrogen-bond acceptors (Lipinski definition) is 0. The van der Waals surface area contributed by atoms with E-state index in [1.165, 1.54) is 16.7 Å². The zero-order valence-corrected chi connectivity index (χ0v) is 18.7. The van der Waals surface area contributed by atoms with Crippen LogP contribution in [0.1, 0.15) is 22.3 Å². The largest absolute Gasteiger partial charge is 0.0622 e. The van der Waals surface area contributed by atoms with Crippen molar-refractivity contribution in [3.05, 3.63) is 156 Å². The second-order valence-corrected chi connectivity index (χ2v) is 7.90. The van der Waals surface area contributed by atoms with Gasteiger partial charge in [-0.3, -0.25) is 0 Å². The van der Waals surface area contributed by atoms with E-state index in [1.807, 2.05) is 42.5 Å². The monoisotopic (exact) mass is 430 g/mol. The van der Waals surface area contributed by atoms with Crippen LogP contribution in [0.2, 0.25) is 0 Å². The lowest BCUT2D eigenvalue weighted by atomic mass is 9.99. The van der Waals surface area contributed by atoms with Gasteiger partial charge in [0.2, 0.25) is 0 Å². The summed E-state index contributed by atoms with van der Waals surface area (Å²) >= 11 is 0. The van der Waals surface area contributed by atoms with Gasteiger partial charge in [-0.2, -0.15) is 0 Å². The molecule has 0 atom stereocenters. The van der Waals surface area contributed by atoms with Gasteiger partial charge in [-0.1, -0.05) is 127 Å². The van der Waals surface area contributed by atoms with Crippen molar-refractivity contribution in [2.45, 2.75) is 0 Å². The molecule has 0 heterocycles. The molecule has 0 aliphatic rings. The minimum absolute atomic E-state index is 0.929. The third kappa shape index (κ3) is 4.99. The second-order valence-electron chi connectivity index (χ2n) is 7.90. The van der Waals surface area contributed by atoms with Crippen LogP contribution in [0.25, 0.3) is 22.3 Å². The molecule has 34 heavy (non-hydrogen) atoms. The molecule has 0 nitrogen and oxygen atoms in total. The number of hydrogen-bond donors (Lipinski definition) is 0. The molecule has 5 aromatic carbocycles. The summed E-state index contributed by atoms with van der Waals surface area (Å²) in [7, 11) is 0. The summed E-state index contributed by atoms with van der Waals surface area (Å²) in [6.45, 7) is 0. The van der Waals surface area contributed by atoms with Crippen LogP contribution in [0, 0.1) is 23.7 Å². The van der Waals surface area contributed by atoms with Crippen molar-refractivity contribution in [3.63, 3.8) is 0 Å². The van der Waals surface area contributed by atoms with Crippen molar-refractivity contribution < 1.29 is 0 Å². The van der Waals surface area contributed by atoms with E-state index in [-0.39, 0.29) is 0 Å². The van der Waals surface area contributed by atoms with E-state index < -0.39 is 0 Å². The molecule has 5 rings (SSSR count). The summed E-state index contributed by atoms with van der Waals surface area (Å²) in [5, 5.41) is 0. The lowest BCUT2D eigenvalue weighted by Crippen LogP contribution is -1.86. The smallest absolute Gasteiger partial charge is 0.0405 e. The molecule has 0 saturated carbocycles. The highest BCUT2D eigenvalue weighted by Crippen LogP contribution is 2.23. The van der Waals surface area contributed by atoms with Gasteiger partial charge in [-0.15, -0.1) is 0 Å². The van der Waals surface area contributed by atoms with Crippen LogP contribution < -0.4 is 0 Å². The molecular formula is C34H22. The van der Waals surface area contributed by atoms with Crippen LogP contribution in [0.5, 0.6) is 0 Å². The highest BCUT2D eigenvalue weighted by atomic mass is 14.1. The van der Waals surface area contributed by atoms with Crippen molar-refractivity contribution in [1.82, 2.24) is 0 Å². The lowest BCUT2D eigenvalue weighted by Gasteiger charge is -2.04. The van der Waals surface area contributed by atoms with Crippen molar-refractivity contribution in [1.29, 1.82) is 0 Å². The van der Waals surface area contributed by atoms with E-state index in [2.05, 4.69) is 115 Å². The summed E-state index contributed by atoms with van der Waals surface area (Å²) in [6, 6.07) is 45.4. The van der Waals surface area contributed by atoms with Crippen molar-refractivity contribution in [2.24, 2.45) is 0 Å². The Kier molecular flexibility index (Phi) is 6.34. The molecule has 0 saturated heterocycles. The van der Waals surface area contributed by atoms with Crippen molar-refractivity contribution >= 4 is 0 Å². The summed E-state index contributed by atoms with van der Waals surface area (Å²) in [5.41, 5.74) is 8.55. The molecule has 0 unspecified atom stereocenters. The van der Waals surface area contributed by atoms with E-state index in [1.54, 1.807) is 0 Å². The summed E-state index contributed by atoms with van der Waals surface area (Å²) in [4.78, 5) is 0. The Morgan fingerprint density at radius 1 is 0.294 bits per heavy atom. The first kappa shape index (κ1) is 21.1. The van der Waals surface area contributed by atoms with E-state index in [9.17, 15) is 0 Å². The van der Waals surface area contributed by atoms with Gasteiger partial charge >= 0.3 is 0 Å². The Bertz CT molecular complexity index is 1520. The maximum Gasteiger partial charge on any atom is 0.0405 e. The molecule has 5 aromatic rings. The quantitative estimate of drug-likeness (QED) is 0.250. The SMILES string of the molecule is C(#Cc1ccccc1C#Cc1ccccc1-c1ccccc1)c1ccc(-c2ccccc2)cc1. The third-order valence-corrected chi connectivity index (χ3v) is 5.60. The third-order valence-electron chi connectivity index (χ3n) is 5.60. The average Bonchev–Trinajstić information content (AvgIpc) is 2.92. The van der Waals surface area contributed by atoms with Crippen LogP contribution in [-0.4, -0.2) is 0 Å². The van der Waals surface area contributed by atoms with Crippen LogP contribution in [0.3, 0.4) is 0 Å². The molecule has 0 spiro atoms. The van der Waals surface area contributed by atoms with Gasteiger partial charge in [-0.05, 0) is 52.6 Å². The van der Waals surface area contributed by atoms with Crippen LogP contribution in [0.4, 0.5) is 0 Å². The fraction of sp³-hybridized carbons (Fsp3) is 0. The minimum Gasteiger partial charge on any atom is -0.0622 e. The number of rotatable bonds is 2. The molecule has 0 N–H and O–H groups in total. The molecule has 0 radical (unpaired) electrons. The van der Waals surface area contributed by atoms with E-state index >= 15 is 0 Å². The Morgan fingerprint density at radius 3 is 1.38 bits per heavy atom. The van der Waals surface area contributed by atoms with Gasteiger partial charge in [0.1, 0.15) is 0 Å². The molecule has 0 fully saturated rings. The predicted molar refractivity (Wildman–Crippen MR) is 142 cm³/mol. The van der Waals surface area contributed by atoms with Gasteiger partial charge in [0.05, 0.1) is 0 Å². The average molecular weight is 431 g/mol. The molecule has 158 valence electrons. The molecule has 0 aromatic heterocycles. The summed E-state index contributed by atoms with van der Waals surface area (Å²) in [5.74, 6) is 13.3. The van der Waals surface area contributed by atoms with Gasteiger partial charge in [0.25, 0.3) is 0 Å². The second kappa shape index (κ2) is 10.2. The maximum absolute atomic E-state index is 3.37. The van der Waals surface area contributed by atoms with Crippen LogP contribution in [0.15, 0.2) is 133 Å². The molecule has 0 amide bonds. The lowest BCUT2D eigenvalue weighted by molar-refractivity contribution is 1.56. The van der Waals surface area contributed by atoms with Gasteiger partial charge in [-0.25, -0.2) is 0 Å². The molecule has 0 bridgehead atoms. The van der Waals surface area contributed by atoms with Crippen molar-refractivity contribution in [2.75, 3.05) is 0 Å². The molecule has 0 aliphatic carbocycles. The van der Waals surface area contributed by atoms with Crippen LogP contribution >= 0.6 is 0 Å². The fourth-order valence-electron chi connectivity index (χ4n) is 3.81. The summed E-state index contributed by atoms with van der Waals surface area (Å²) in [6.07, 6.45) is 0. The molecule has 0 heteroatoms. The first-order valence-corrected chi connectivity index (χ1v) is 11.3. The zero-order chi connectivity index (χ0) is 23.0. The van der Waals surface area contributed by atoms with Crippen LogP contribution in [-0.2, 0) is 0 Å². The van der Waals surface area contributed by atoms with Crippen molar-refractivity contribution in [3.8, 4) is 45.9 Å². The summed E-state index contributed by atoms with van der Waals surface area (Å²) < 4.78 is 0. The van der Waals surface area contributed by atoms with Gasteiger partial charge in [0, 0.05) is 22.3 Å². The first-order chi connectivity index (χ1) is 16.9. The van der Waals surface area contributed by atoms with E-state index in [0.29, 0.717) is 0 Å². The maximum atomic E-state index is 3.37. The minimum atomic E-state index is 0.929. The van der Waals surface area contributed by atoms with Gasteiger partial charge in [0.15, 0.2) is 0 Å². The Labute approximate surface area is 201 Å². The predicted octanol–water partition coefficient (Wildman–Crippen LogP) is 7.82. The Hall–Kier alpha value is -4.78. The van der Waals surface area contributed by atoms with E-state index in [0.717, 1.165) is 27.8 Å². The molecule has 0 aliphatic heterocycles. The first-order valence-electron chi connectivity index (χ1n) is 11.3. The normalized spacial score (nSPS) is 9.88.